The normalized spacial score (nSPS) is 11.3. The van der Waals surface area contributed by atoms with E-state index in [0.717, 1.165) is 5.69 Å². The summed E-state index contributed by atoms with van der Waals surface area (Å²) in [6.07, 6.45) is 0. The molecule has 2 heterocycles. The predicted molar refractivity (Wildman–Crippen MR) is 70.4 cm³/mol. The van der Waals surface area contributed by atoms with Gasteiger partial charge in [-0.25, -0.2) is 4.98 Å². The van der Waals surface area contributed by atoms with Crippen molar-refractivity contribution in [3.8, 4) is 11.6 Å². The standard InChI is InChI=1S/C12H11ClN4O/c1-6-3-10(16-17(6)2)12-15-9-4-7(13)8(14)5-11(9)18-12/h3-5H,14H2,1-2H3. The van der Waals surface area contributed by atoms with Gasteiger partial charge >= 0.3 is 0 Å². The van der Waals surface area contributed by atoms with Crippen molar-refractivity contribution in [3.63, 3.8) is 0 Å². The minimum Gasteiger partial charge on any atom is -0.435 e. The highest BCUT2D eigenvalue weighted by Gasteiger charge is 2.13. The molecule has 18 heavy (non-hydrogen) atoms. The molecule has 0 unspecified atom stereocenters. The van der Waals surface area contributed by atoms with Crippen molar-refractivity contribution in [2.45, 2.75) is 6.92 Å². The molecule has 0 spiro atoms. The van der Waals surface area contributed by atoms with E-state index in [1.807, 2.05) is 20.0 Å². The SMILES string of the molecule is Cc1cc(-c2nc3cc(Cl)c(N)cc3o2)nn1C. The molecule has 0 radical (unpaired) electrons. The third-order valence-electron chi connectivity index (χ3n) is 2.84. The van der Waals surface area contributed by atoms with Crippen LogP contribution in [0.3, 0.4) is 0 Å². The van der Waals surface area contributed by atoms with Gasteiger partial charge in [0.15, 0.2) is 5.58 Å². The van der Waals surface area contributed by atoms with Gasteiger partial charge in [-0.1, -0.05) is 11.6 Å². The highest BCUT2D eigenvalue weighted by molar-refractivity contribution is 6.33. The maximum Gasteiger partial charge on any atom is 0.248 e. The molecule has 0 aliphatic carbocycles. The lowest BCUT2D eigenvalue weighted by atomic mass is 10.3. The predicted octanol–water partition coefficient (Wildman–Crippen LogP) is 2.77. The molecular formula is C12H11ClN4O. The summed E-state index contributed by atoms with van der Waals surface area (Å²) in [5.41, 5.74) is 9.21. The Bertz CT molecular complexity index is 685. The van der Waals surface area contributed by atoms with E-state index >= 15 is 0 Å². The molecule has 0 aliphatic rings. The molecule has 3 aromatic rings. The molecule has 5 nitrogen and oxygen atoms in total. The van der Waals surface area contributed by atoms with E-state index in [4.69, 9.17) is 21.8 Å². The number of nitrogen functional groups attached to an aromatic ring is 1. The van der Waals surface area contributed by atoms with Crippen molar-refractivity contribution >= 4 is 28.4 Å². The van der Waals surface area contributed by atoms with Crippen LogP contribution in [0.25, 0.3) is 22.7 Å². The summed E-state index contributed by atoms with van der Waals surface area (Å²) in [7, 11) is 1.87. The Balaban J connectivity index is 2.19. The molecule has 2 N–H and O–H groups in total. The van der Waals surface area contributed by atoms with Crippen molar-refractivity contribution < 1.29 is 4.42 Å². The zero-order chi connectivity index (χ0) is 12.9. The van der Waals surface area contributed by atoms with Crippen LogP contribution in [-0.2, 0) is 7.05 Å². The van der Waals surface area contributed by atoms with Crippen molar-refractivity contribution in [1.82, 2.24) is 14.8 Å². The first-order chi connectivity index (χ1) is 8.54. The topological polar surface area (TPSA) is 69.9 Å². The van der Waals surface area contributed by atoms with Gasteiger partial charge in [0.25, 0.3) is 0 Å². The zero-order valence-corrected chi connectivity index (χ0v) is 10.7. The number of nitrogens with two attached hydrogens (primary N) is 1. The molecule has 0 atom stereocenters. The van der Waals surface area contributed by atoms with Crippen LogP contribution in [-0.4, -0.2) is 14.8 Å². The van der Waals surface area contributed by atoms with Gasteiger partial charge in [0.05, 0.1) is 10.7 Å². The number of hydrogen-bond acceptors (Lipinski definition) is 4. The number of aromatic nitrogens is 3. The molecular weight excluding hydrogens is 252 g/mol. The first kappa shape index (κ1) is 11.1. The Hall–Kier alpha value is -2.01. The molecule has 0 amide bonds. The van der Waals surface area contributed by atoms with E-state index < -0.39 is 0 Å². The number of aryl methyl sites for hydroxylation is 2. The quantitative estimate of drug-likeness (QED) is 0.685. The molecule has 0 aliphatic heterocycles. The van der Waals surface area contributed by atoms with E-state index in [1.54, 1.807) is 16.8 Å². The maximum atomic E-state index is 5.95. The fourth-order valence-corrected chi connectivity index (χ4v) is 1.90. The molecule has 2 aromatic heterocycles. The second-order valence-electron chi connectivity index (χ2n) is 4.16. The van der Waals surface area contributed by atoms with Gasteiger partial charge in [-0.15, -0.1) is 0 Å². The first-order valence-electron chi connectivity index (χ1n) is 5.41. The average molecular weight is 263 g/mol. The van der Waals surface area contributed by atoms with Crippen LogP contribution in [0.1, 0.15) is 5.69 Å². The number of benzene rings is 1. The van der Waals surface area contributed by atoms with E-state index in [2.05, 4.69) is 10.1 Å². The van der Waals surface area contributed by atoms with Crippen molar-refractivity contribution in [1.29, 1.82) is 0 Å². The number of nitrogens with zero attached hydrogens (tertiary/aromatic N) is 3. The monoisotopic (exact) mass is 262 g/mol. The van der Waals surface area contributed by atoms with Gasteiger partial charge in [-0.3, -0.25) is 4.68 Å². The first-order valence-corrected chi connectivity index (χ1v) is 5.79. The van der Waals surface area contributed by atoms with Gasteiger partial charge < -0.3 is 10.2 Å². The summed E-state index contributed by atoms with van der Waals surface area (Å²) in [5.74, 6) is 0.468. The third-order valence-corrected chi connectivity index (χ3v) is 3.17. The van der Waals surface area contributed by atoms with Gasteiger partial charge in [0, 0.05) is 18.8 Å². The lowest BCUT2D eigenvalue weighted by molar-refractivity contribution is 0.613. The number of rotatable bonds is 1. The van der Waals surface area contributed by atoms with E-state index in [9.17, 15) is 0 Å². The van der Waals surface area contributed by atoms with Gasteiger partial charge in [-0.2, -0.15) is 5.10 Å². The third kappa shape index (κ3) is 1.64. The molecule has 92 valence electrons. The Morgan fingerprint density at radius 2 is 2.11 bits per heavy atom. The summed E-state index contributed by atoms with van der Waals surface area (Å²) in [6, 6.07) is 5.27. The number of halogens is 1. The van der Waals surface area contributed by atoms with Crippen molar-refractivity contribution in [2.24, 2.45) is 7.05 Å². The van der Waals surface area contributed by atoms with Crippen LogP contribution >= 0.6 is 11.6 Å². The second-order valence-corrected chi connectivity index (χ2v) is 4.56. The Kier molecular flexibility index (Phi) is 2.31. The molecule has 1 aromatic carbocycles. The summed E-state index contributed by atoms with van der Waals surface area (Å²) in [4.78, 5) is 4.36. The summed E-state index contributed by atoms with van der Waals surface area (Å²) in [6.45, 7) is 1.97. The number of fused-ring (bicyclic) bond motifs is 1. The average Bonchev–Trinajstić information content (AvgIpc) is 2.84. The lowest BCUT2D eigenvalue weighted by Gasteiger charge is -1.94. The Labute approximate surface area is 108 Å². The Morgan fingerprint density at radius 3 is 2.78 bits per heavy atom. The molecule has 6 heteroatoms. The minimum absolute atomic E-state index is 0.468. The van der Waals surface area contributed by atoms with E-state index in [-0.39, 0.29) is 0 Å². The second kappa shape index (κ2) is 3.74. The molecule has 0 bridgehead atoms. The lowest BCUT2D eigenvalue weighted by Crippen LogP contribution is -1.92. The minimum atomic E-state index is 0.468. The Morgan fingerprint density at radius 1 is 1.33 bits per heavy atom. The fourth-order valence-electron chi connectivity index (χ4n) is 1.74. The maximum absolute atomic E-state index is 5.95. The van der Waals surface area contributed by atoms with Gasteiger partial charge in [-0.05, 0) is 19.1 Å². The largest absolute Gasteiger partial charge is 0.435 e. The van der Waals surface area contributed by atoms with Crippen molar-refractivity contribution in [2.75, 3.05) is 5.73 Å². The molecule has 0 saturated carbocycles. The highest BCUT2D eigenvalue weighted by Crippen LogP contribution is 2.29. The van der Waals surface area contributed by atoms with E-state index in [0.29, 0.717) is 33.4 Å². The van der Waals surface area contributed by atoms with Crippen LogP contribution in [0, 0.1) is 6.92 Å². The van der Waals surface area contributed by atoms with Crippen LogP contribution in [0.5, 0.6) is 0 Å². The van der Waals surface area contributed by atoms with Crippen LogP contribution in [0.4, 0.5) is 5.69 Å². The zero-order valence-electron chi connectivity index (χ0n) is 9.94. The number of anilines is 1. The van der Waals surface area contributed by atoms with Gasteiger partial charge in [0.1, 0.15) is 11.2 Å². The van der Waals surface area contributed by atoms with Crippen molar-refractivity contribution in [3.05, 3.63) is 28.9 Å². The van der Waals surface area contributed by atoms with Gasteiger partial charge in [0.2, 0.25) is 5.89 Å². The van der Waals surface area contributed by atoms with Crippen LogP contribution in [0.15, 0.2) is 22.6 Å². The highest BCUT2D eigenvalue weighted by atomic mass is 35.5. The number of hydrogen-bond donors (Lipinski definition) is 1. The summed E-state index contributed by atoms with van der Waals surface area (Å²) >= 11 is 5.95. The summed E-state index contributed by atoms with van der Waals surface area (Å²) in [5, 5.41) is 4.79. The smallest absolute Gasteiger partial charge is 0.248 e. The number of oxazole rings is 1. The van der Waals surface area contributed by atoms with Crippen LogP contribution < -0.4 is 5.73 Å². The fraction of sp³-hybridized carbons (Fsp3) is 0.167. The van der Waals surface area contributed by atoms with E-state index in [1.165, 1.54) is 0 Å². The molecule has 0 fully saturated rings. The molecule has 0 saturated heterocycles. The summed E-state index contributed by atoms with van der Waals surface area (Å²) < 4.78 is 7.40. The van der Waals surface area contributed by atoms with Crippen LogP contribution in [0.2, 0.25) is 5.02 Å². The molecule has 3 rings (SSSR count).